The number of anilines is 1. The summed E-state index contributed by atoms with van der Waals surface area (Å²) >= 11 is 1.55. The van der Waals surface area contributed by atoms with Crippen LogP contribution in [-0.4, -0.2) is 43.5 Å². The molecule has 3 rings (SSSR count). The molecule has 0 spiro atoms. The van der Waals surface area contributed by atoms with E-state index in [0.29, 0.717) is 17.0 Å². The molecule has 1 aliphatic carbocycles. The molecule has 1 amide bonds. The van der Waals surface area contributed by atoms with Crippen molar-refractivity contribution in [2.45, 2.75) is 57.8 Å². The lowest BCUT2D eigenvalue weighted by atomic mass is 9.95. The van der Waals surface area contributed by atoms with E-state index in [9.17, 15) is 9.59 Å². The van der Waals surface area contributed by atoms with E-state index >= 15 is 0 Å². The Morgan fingerprint density at radius 2 is 1.80 bits per heavy atom. The van der Waals surface area contributed by atoms with Gasteiger partial charge >= 0.3 is 5.97 Å². The summed E-state index contributed by atoms with van der Waals surface area (Å²) < 4.78 is 4.96. The summed E-state index contributed by atoms with van der Waals surface area (Å²) in [5, 5.41) is 3.67. The number of fused-ring (bicyclic) bond motifs is 1. The van der Waals surface area contributed by atoms with Gasteiger partial charge in [0.2, 0.25) is 5.91 Å². The van der Waals surface area contributed by atoms with Crippen LogP contribution in [0.4, 0.5) is 5.00 Å². The average molecular weight is 365 g/mol. The number of aryl methyl sites for hydroxylation is 1. The average Bonchev–Trinajstić information content (AvgIpc) is 2.79. The molecule has 1 fully saturated rings. The molecule has 2 heterocycles. The molecular weight excluding hydrogens is 336 g/mol. The van der Waals surface area contributed by atoms with Crippen molar-refractivity contribution in [1.29, 1.82) is 0 Å². The van der Waals surface area contributed by atoms with Gasteiger partial charge in [-0.1, -0.05) is 12.8 Å². The lowest BCUT2D eigenvalue weighted by Crippen LogP contribution is -2.28. The van der Waals surface area contributed by atoms with Gasteiger partial charge in [0.1, 0.15) is 5.00 Å². The Bertz CT molecular complexity index is 618. The van der Waals surface area contributed by atoms with Crippen molar-refractivity contribution in [3.05, 3.63) is 16.0 Å². The zero-order valence-corrected chi connectivity index (χ0v) is 15.9. The van der Waals surface area contributed by atoms with Crippen LogP contribution in [0.15, 0.2) is 0 Å². The highest BCUT2D eigenvalue weighted by Gasteiger charge is 2.26. The molecule has 5 nitrogen and oxygen atoms in total. The van der Waals surface area contributed by atoms with Crippen LogP contribution in [-0.2, 0) is 22.4 Å². The first-order valence-electron chi connectivity index (χ1n) is 9.44. The lowest BCUT2D eigenvalue weighted by molar-refractivity contribution is -0.116. The van der Waals surface area contributed by atoms with Gasteiger partial charge in [-0.15, -0.1) is 11.3 Å². The molecule has 1 aromatic rings. The van der Waals surface area contributed by atoms with E-state index in [2.05, 4.69) is 10.2 Å². The summed E-state index contributed by atoms with van der Waals surface area (Å²) in [6.45, 7) is 2.98. The number of thiophene rings is 1. The Hall–Kier alpha value is -1.40. The van der Waals surface area contributed by atoms with Gasteiger partial charge in [0, 0.05) is 17.8 Å². The first-order valence-corrected chi connectivity index (χ1v) is 10.3. The fourth-order valence-electron chi connectivity index (χ4n) is 3.78. The second-order valence-electron chi connectivity index (χ2n) is 6.96. The Labute approximate surface area is 153 Å². The van der Waals surface area contributed by atoms with E-state index < -0.39 is 0 Å². The van der Waals surface area contributed by atoms with Gasteiger partial charge in [-0.3, -0.25) is 4.79 Å². The SMILES string of the molecule is COC(=O)c1c(NC(=O)CCN2CCCCCC2)sc2c1CCCC2. The van der Waals surface area contributed by atoms with E-state index in [4.69, 9.17) is 4.74 Å². The molecule has 25 heavy (non-hydrogen) atoms. The number of esters is 1. The number of ether oxygens (including phenoxy) is 1. The van der Waals surface area contributed by atoms with E-state index in [1.165, 1.54) is 37.7 Å². The highest BCUT2D eigenvalue weighted by atomic mass is 32.1. The summed E-state index contributed by atoms with van der Waals surface area (Å²) in [7, 11) is 1.40. The maximum absolute atomic E-state index is 12.4. The first-order chi connectivity index (χ1) is 12.2. The van der Waals surface area contributed by atoms with Gasteiger partial charge in [-0.25, -0.2) is 4.79 Å². The van der Waals surface area contributed by atoms with Crippen molar-refractivity contribution in [1.82, 2.24) is 4.90 Å². The Balaban J connectivity index is 1.64. The zero-order valence-electron chi connectivity index (χ0n) is 15.1. The molecule has 138 valence electrons. The molecule has 0 radical (unpaired) electrons. The van der Waals surface area contributed by atoms with Gasteiger partial charge in [-0.05, 0) is 57.2 Å². The van der Waals surface area contributed by atoms with Crippen LogP contribution < -0.4 is 5.32 Å². The van der Waals surface area contributed by atoms with Gasteiger partial charge in [0.15, 0.2) is 0 Å². The molecule has 1 saturated heterocycles. The van der Waals surface area contributed by atoms with Crippen molar-refractivity contribution in [2.75, 3.05) is 32.1 Å². The Morgan fingerprint density at radius 1 is 1.08 bits per heavy atom. The van der Waals surface area contributed by atoms with Crippen LogP contribution in [0.3, 0.4) is 0 Å². The molecule has 6 heteroatoms. The Morgan fingerprint density at radius 3 is 2.52 bits per heavy atom. The number of methoxy groups -OCH3 is 1. The van der Waals surface area contributed by atoms with E-state index in [1.807, 2.05) is 0 Å². The molecule has 0 bridgehead atoms. The van der Waals surface area contributed by atoms with Crippen LogP contribution in [0.25, 0.3) is 0 Å². The standard InChI is InChI=1S/C19H28N2O3S/c1-24-19(23)17-14-8-4-5-9-15(14)25-18(17)20-16(22)10-13-21-11-6-2-3-7-12-21/h2-13H2,1H3,(H,20,22). The maximum atomic E-state index is 12.4. The van der Waals surface area contributed by atoms with Gasteiger partial charge in [0.05, 0.1) is 12.7 Å². The second-order valence-corrected chi connectivity index (χ2v) is 8.07. The number of hydrogen-bond donors (Lipinski definition) is 1. The van der Waals surface area contributed by atoms with Crippen molar-refractivity contribution in [3.63, 3.8) is 0 Å². The maximum Gasteiger partial charge on any atom is 0.341 e. The van der Waals surface area contributed by atoms with Crippen LogP contribution in [0.5, 0.6) is 0 Å². The molecule has 0 saturated carbocycles. The predicted octanol–water partition coefficient (Wildman–Crippen LogP) is 3.62. The molecule has 0 aromatic carbocycles. The van der Waals surface area contributed by atoms with Crippen molar-refractivity contribution in [3.8, 4) is 0 Å². The molecule has 1 aliphatic heterocycles. The fourth-order valence-corrected chi connectivity index (χ4v) is 5.07. The summed E-state index contributed by atoms with van der Waals surface area (Å²) in [5.74, 6) is -0.338. The van der Waals surface area contributed by atoms with Crippen LogP contribution in [0.2, 0.25) is 0 Å². The Kier molecular flexibility index (Phi) is 6.48. The molecular formula is C19H28N2O3S. The number of carbonyl (C=O) groups is 2. The van der Waals surface area contributed by atoms with Crippen molar-refractivity contribution < 1.29 is 14.3 Å². The van der Waals surface area contributed by atoms with Gasteiger partial charge < -0.3 is 15.0 Å². The molecule has 1 aromatic heterocycles. The van der Waals surface area contributed by atoms with E-state index in [0.717, 1.165) is 50.9 Å². The summed E-state index contributed by atoms with van der Waals surface area (Å²) in [5.41, 5.74) is 1.68. The molecule has 0 unspecified atom stereocenters. The minimum atomic E-state index is -0.331. The van der Waals surface area contributed by atoms with Crippen molar-refractivity contribution in [2.24, 2.45) is 0 Å². The zero-order chi connectivity index (χ0) is 17.6. The topological polar surface area (TPSA) is 58.6 Å². The molecule has 1 N–H and O–H groups in total. The number of nitrogens with zero attached hydrogens (tertiary/aromatic N) is 1. The number of likely N-dealkylation sites (tertiary alicyclic amines) is 1. The van der Waals surface area contributed by atoms with E-state index in [1.54, 1.807) is 11.3 Å². The minimum absolute atomic E-state index is 0.00648. The highest BCUT2D eigenvalue weighted by molar-refractivity contribution is 7.17. The number of carbonyl (C=O) groups excluding carboxylic acids is 2. The monoisotopic (exact) mass is 364 g/mol. The van der Waals surface area contributed by atoms with Crippen molar-refractivity contribution >= 4 is 28.2 Å². The fraction of sp³-hybridized carbons (Fsp3) is 0.684. The van der Waals surface area contributed by atoms with Gasteiger partial charge in [0.25, 0.3) is 0 Å². The van der Waals surface area contributed by atoms with Crippen LogP contribution in [0, 0.1) is 0 Å². The number of amides is 1. The summed E-state index contributed by atoms with van der Waals surface area (Å²) in [6.07, 6.45) is 9.67. The summed E-state index contributed by atoms with van der Waals surface area (Å²) in [4.78, 5) is 28.3. The third-order valence-electron chi connectivity index (χ3n) is 5.17. The number of hydrogen-bond acceptors (Lipinski definition) is 5. The predicted molar refractivity (Wildman–Crippen MR) is 100 cm³/mol. The molecule has 0 atom stereocenters. The van der Waals surface area contributed by atoms with E-state index in [-0.39, 0.29) is 11.9 Å². The number of nitrogens with one attached hydrogen (secondary N) is 1. The quantitative estimate of drug-likeness (QED) is 0.811. The van der Waals surface area contributed by atoms with Crippen LogP contribution in [0.1, 0.15) is 65.7 Å². The normalized spacial score (nSPS) is 18.3. The third-order valence-corrected chi connectivity index (χ3v) is 6.37. The minimum Gasteiger partial charge on any atom is -0.465 e. The van der Waals surface area contributed by atoms with Gasteiger partial charge in [-0.2, -0.15) is 0 Å². The largest absolute Gasteiger partial charge is 0.465 e. The third kappa shape index (κ3) is 4.61. The first kappa shape index (κ1) is 18.4. The molecule has 2 aliphatic rings. The second kappa shape index (κ2) is 8.81. The smallest absolute Gasteiger partial charge is 0.341 e. The number of rotatable bonds is 5. The highest BCUT2D eigenvalue weighted by Crippen LogP contribution is 2.38. The lowest BCUT2D eigenvalue weighted by Gasteiger charge is -2.19. The van der Waals surface area contributed by atoms with Crippen LogP contribution >= 0.6 is 11.3 Å². The summed E-state index contributed by atoms with van der Waals surface area (Å²) in [6, 6.07) is 0.